The molecule has 4 aromatic rings. The van der Waals surface area contributed by atoms with Gasteiger partial charge in [0.2, 0.25) is 17.7 Å². The van der Waals surface area contributed by atoms with E-state index in [0.717, 1.165) is 10.9 Å². The Labute approximate surface area is 287 Å². The molecule has 4 aromatic heterocycles. The molecular formula is C22H32N10O17P3+. The average molecular weight is 801 g/mol. The van der Waals surface area contributed by atoms with Gasteiger partial charge in [-0.1, -0.05) is 4.98 Å². The van der Waals surface area contributed by atoms with Crippen LogP contribution in [0.5, 0.6) is 0 Å². The van der Waals surface area contributed by atoms with Crippen LogP contribution in [0.2, 0.25) is 0 Å². The second kappa shape index (κ2) is 13.7. The van der Waals surface area contributed by atoms with Crippen molar-refractivity contribution in [3.05, 3.63) is 33.4 Å². The molecule has 30 heteroatoms. The number of aromatic nitrogens is 8. The number of aromatic amines is 2. The maximum absolute atomic E-state index is 12.7. The molecule has 13 N–H and O–H groups in total. The van der Waals surface area contributed by atoms with Crippen LogP contribution in [0.25, 0.3) is 22.3 Å². The molecule has 0 aromatic carbocycles. The van der Waals surface area contributed by atoms with Crippen molar-refractivity contribution in [1.29, 1.82) is 0 Å². The standard InChI is InChI=1S/C22H31N10O17P3/c1-30-5-32(16-10(30)18(38)29-22(24)27-16)20-14(36)11(33)7(48-20)2-45-50(39,40)6-51(41,42)49-52(43,44)46-3-8-12(34)13(35)19(47-8)31-4-25-9-15(31)26-21(23)28-17(9)37/h4-5,7-8,11-14,19-20,33-36H,2-3,6H2,1H3,(H8-,23,24,26,27,28,29,37,38,39,40,41,42,43,44)/p+1/t7-,8-,11-,12-,13-,14-,19-,20-/m1/s1. The van der Waals surface area contributed by atoms with E-state index in [2.05, 4.69) is 33.8 Å². The zero-order valence-corrected chi connectivity index (χ0v) is 29.0. The molecule has 0 spiro atoms. The van der Waals surface area contributed by atoms with E-state index in [1.165, 1.54) is 22.5 Å². The summed E-state index contributed by atoms with van der Waals surface area (Å²) in [7, 11) is -14.8. The fourth-order valence-corrected chi connectivity index (χ4v) is 10.6. The van der Waals surface area contributed by atoms with Crippen LogP contribution in [-0.4, -0.2) is 125 Å². The summed E-state index contributed by atoms with van der Waals surface area (Å²) in [4.78, 5) is 71.2. The van der Waals surface area contributed by atoms with Crippen molar-refractivity contribution >= 4 is 57.2 Å². The predicted molar refractivity (Wildman–Crippen MR) is 168 cm³/mol. The first-order valence-electron chi connectivity index (χ1n) is 14.7. The van der Waals surface area contributed by atoms with Crippen LogP contribution in [0.15, 0.2) is 22.2 Å². The number of rotatable bonds is 12. The van der Waals surface area contributed by atoms with Crippen molar-refractivity contribution in [2.24, 2.45) is 7.05 Å². The SMILES string of the molecule is Cn1c[n+]([C@@H]2O[C@H](COP(=O)(O)CP(=O)(O)OP(=O)(O)OC[C@H]3O[C@@H](n4cnc5c(=O)[nH]c(N)nc54)[C@H](O)[C@@H]3O)[C@@H](O)[C@H]2O)c2nc(N)[nH]c(=O)c21. The molecule has 6 rings (SSSR count). The molecule has 0 radical (unpaired) electrons. The van der Waals surface area contributed by atoms with Gasteiger partial charge in [-0.3, -0.25) is 42.3 Å². The molecule has 0 amide bonds. The number of aryl methyl sites for hydroxylation is 1. The number of phosphoric acid groups is 1. The van der Waals surface area contributed by atoms with Crippen molar-refractivity contribution in [2.75, 3.05) is 30.6 Å². The third-order valence-corrected chi connectivity index (χ3v) is 13.6. The van der Waals surface area contributed by atoms with Crippen molar-refractivity contribution in [3.8, 4) is 0 Å². The van der Waals surface area contributed by atoms with E-state index in [1.54, 1.807) is 0 Å². The Morgan fingerprint density at radius 1 is 0.885 bits per heavy atom. The molecule has 0 saturated carbocycles. The van der Waals surface area contributed by atoms with Gasteiger partial charge in [0.25, 0.3) is 17.1 Å². The van der Waals surface area contributed by atoms with Crippen LogP contribution in [0, 0.1) is 0 Å². The van der Waals surface area contributed by atoms with Crippen molar-refractivity contribution < 1.29 is 76.2 Å². The monoisotopic (exact) mass is 801 g/mol. The molecule has 286 valence electrons. The van der Waals surface area contributed by atoms with Gasteiger partial charge < -0.3 is 60.6 Å². The maximum atomic E-state index is 12.7. The molecule has 11 atom stereocenters. The average Bonchev–Trinajstić information content (AvgIpc) is 3.74. The molecule has 2 aliphatic heterocycles. The van der Waals surface area contributed by atoms with E-state index < -0.39 is 102 Å². The summed E-state index contributed by atoms with van der Waals surface area (Å²) >= 11 is 0. The van der Waals surface area contributed by atoms with Gasteiger partial charge in [0.05, 0.1) is 26.6 Å². The minimum absolute atomic E-state index is 0.0298. The third kappa shape index (κ3) is 7.48. The van der Waals surface area contributed by atoms with Gasteiger partial charge in [-0.25, -0.2) is 18.4 Å². The Kier molecular flexibility index (Phi) is 10.1. The normalized spacial score (nSPS) is 30.1. The zero-order valence-electron chi connectivity index (χ0n) is 26.3. The first kappa shape index (κ1) is 38.2. The highest BCUT2D eigenvalue weighted by molar-refractivity contribution is 7.74. The second-order valence-corrected chi connectivity index (χ2v) is 17.5. The van der Waals surface area contributed by atoms with Crippen LogP contribution in [0.1, 0.15) is 12.5 Å². The number of imidazole rings is 2. The lowest BCUT2D eigenvalue weighted by Gasteiger charge is -2.21. The summed E-state index contributed by atoms with van der Waals surface area (Å²) in [5, 5.41) is 42.2. The van der Waals surface area contributed by atoms with Crippen molar-refractivity contribution in [1.82, 2.24) is 34.1 Å². The molecule has 2 aliphatic rings. The number of hydrogen-bond donors (Lipinski definition) is 11. The zero-order chi connectivity index (χ0) is 38.1. The summed E-state index contributed by atoms with van der Waals surface area (Å²) < 4.78 is 66.3. The molecule has 3 unspecified atom stereocenters. The summed E-state index contributed by atoms with van der Waals surface area (Å²) in [6.07, 6.45) is -10.6. The van der Waals surface area contributed by atoms with Gasteiger partial charge in [0.1, 0.15) is 36.6 Å². The summed E-state index contributed by atoms with van der Waals surface area (Å²) in [5.74, 6) is -2.33. The van der Waals surface area contributed by atoms with E-state index in [9.17, 15) is 58.4 Å². The fraction of sp³-hybridized carbons (Fsp3) is 0.545. The van der Waals surface area contributed by atoms with Crippen LogP contribution >= 0.6 is 23.0 Å². The number of aliphatic hydroxyl groups is 4. The van der Waals surface area contributed by atoms with Crippen LogP contribution in [-0.2, 0) is 43.6 Å². The van der Waals surface area contributed by atoms with E-state index in [1.807, 2.05) is 0 Å². The first-order valence-corrected chi connectivity index (χ1v) is 19.7. The summed E-state index contributed by atoms with van der Waals surface area (Å²) in [6.45, 7) is -2.00. The number of phosphoric ester groups is 1. The second-order valence-electron chi connectivity index (χ2n) is 11.7. The highest BCUT2D eigenvalue weighted by Gasteiger charge is 2.49. The lowest BCUT2D eigenvalue weighted by atomic mass is 10.1. The highest BCUT2D eigenvalue weighted by atomic mass is 31.3. The minimum atomic E-state index is -5.57. The van der Waals surface area contributed by atoms with Gasteiger partial charge in [-0.05, 0) is 0 Å². The number of nitrogens with two attached hydrogens (primary N) is 2. The molecule has 27 nitrogen and oxygen atoms in total. The first-order chi connectivity index (χ1) is 24.2. The highest BCUT2D eigenvalue weighted by Crippen LogP contribution is 2.66. The predicted octanol–water partition coefficient (Wildman–Crippen LogP) is -4.44. The van der Waals surface area contributed by atoms with Gasteiger partial charge in [-0.2, -0.15) is 4.98 Å². The van der Waals surface area contributed by atoms with E-state index in [-0.39, 0.29) is 34.2 Å². The number of H-pyrrole nitrogens is 2. The smallest absolute Gasteiger partial charge is 0.387 e. The van der Waals surface area contributed by atoms with Crippen molar-refractivity contribution in [3.63, 3.8) is 0 Å². The molecule has 6 heterocycles. The lowest BCUT2D eigenvalue weighted by Crippen LogP contribution is -2.46. The topological polar surface area (TPSA) is 409 Å². The van der Waals surface area contributed by atoms with Gasteiger partial charge in [0.15, 0.2) is 29.6 Å². The number of ether oxygens (including phenoxy) is 2. The van der Waals surface area contributed by atoms with Crippen LogP contribution in [0.3, 0.4) is 0 Å². The van der Waals surface area contributed by atoms with E-state index in [0.29, 0.717) is 0 Å². The molecular weight excluding hydrogens is 769 g/mol. The quantitative estimate of drug-likeness (QED) is 0.0475. The summed E-state index contributed by atoms with van der Waals surface area (Å²) in [6, 6.07) is 0. The maximum Gasteiger partial charge on any atom is 0.479 e. The molecule has 2 fully saturated rings. The number of hydrogen-bond acceptors (Lipinski definition) is 19. The lowest BCUT2D eigenvalue weighted by molar-refractivity contribution is -0.745. The Balaban J connectivity index is 1.05. The number of nitrogens with one attached hydrogen (secondary N) is 2. The van der Waals surface area contributed by atoms with Crippen LogP contribution in [0.4, 0.5) is 11.9 Å². The number of aliphatic hydroxyl groups excluding tert-OH is 4. The van der Waals surface area contributed by atoms with Gasteiger partial charge in [-0.15, -0.1) is 0 Å². The number of anilines is 2. The Bertz CT molecular complexity index is 2280. The van der Waals surface area contributed by atoms with Gasteiger partial charge >= 0.3 is 28.7 Å². The Morgan fingerprint density at radius 3 is 2.21 bits per heavy atom. The van der Waals surface area contributed by atoms with Crippen molar-refractivity contribution in [2.45, 2.75) is 49.1 Å². The number of nitrogen functional groups attached to an aromatic ring is 2. The summed E-state index contributed by atoms with van der Waals surface area (Å²) in [5.41, 5.74) is 9.50. The third-order valence-electron chi connectivity index (χ3n) is 7.89. The van der Waals surface area contributed by atoms with Gasteiger partial charge in [0, 0.05) is 0 Å². The number of fused-ring (bicyclic) bond motifs is 2. The minimum Gasteiger partial charge on any atom is -0.387 e. The number of nitrogens with zero attached hydrogens (tertiary/aromatic N) is 6. The molecule has 52 heavy (non-hydrogen) atoms. The largest absolute Gasteiger partial charge is 0.479 e. The Hall–Kier alpha value is -3.49. The molecule has 2 saturated heterocycles. The molecule has 0 aliphatic carbocycles. The Morgan fingerprint density at radius 2 is 1.50 bits per heavy atom. The van der Waals surface area contributed by atoms with E-state index >= 15 is 0 Å². The molecule has 0 bridgehead atoms. The fourth-order valence-electron chi connectivity index (χ4n) is 5.61. The van der Waals surface area contributed by atoms with E-state index in [4.69, 9.17) is 25.5 Å². The van der Waals surface area contributed by atoms with Crippen LogP contribution < -0.4 is 27.2 Å².